The lowest BCUT2D eigenvalue weighted by Crippen LogP contribution is -2.31. The van der Waals surface area contributed by atoms with Crippen molar-refractivity contribution in [2.75, 3.05) is 6.54 Å². The summed E-state index contributed by atoms with van der Waals surface area (Å²) in [7, 11) is 0. The zero-order valence-electron chi connectivity index (χ0n) is 7.39. The molecule has 0 spiro atoms. The smallest absolute Gasteiger partial charge is 0.141 e. The molecule has 0 amide bonds. The van der Waals surface area contributed by atoms with E-state index in [1.807, 2.05) is 6.07 Å². The molecule has 0 saturated heterocycles. The summed E-state index contributed by atoms with van der Waals surface area (Å²) in [6.45, 7) is 0.715. The van der Waals surface area contributed by atoms with Crippen LogP contribution in [-0.4, -0.2) is 12.8 Å². The third-order valence-electron chi connectivity index (χ3n) is 2.39. The molecule has 1 N–H and O–H groups in total. The zero-order chi connectivity index (χ0) is 10.1. The minimum Gasteiger partial charge on any atom is -0.304 e. The van der Waals surface area contributed by atoms with E-state index in [-0.39, 0.29) is 5.82 Å². The number of benzene rings is 1. The second kappa shape index (κ2) is 3.79. The van der Waals surface area contributed by atoms with Crippen molar-refractivity contribution in [1.82, 2.24) is 5.32 Å². The maximum atomic E-state index is 13.5. The van der Waals surface area contributed by atoms with Crippen LogP contribution in [0.3, 0.4) is 0 Å². The van der Waals surface area contributed by atoms with Crippen molar-refractivity contribution < 1.29 is 9.18 Å². The Labute approximate surface area is 89.6 Å². The van der Waals surface area contributed by atoms with Crippen LogP contribution in [0.5, 0.6) is 0 Å². The van der Waals surface area contributed by atoms with Gasteiger partial charge in [-0.1, -0.05) is 15.9 Å². The lowest BCUT2D eigenvalue weighted by Gasteiger charge is -2.23. The molecule has 1 aliphatic heterocycles. The fourth-order valence-electron chi connectivity index (χ4n) is 1.77. The molecule has 2 nitrogen and oxygen atoms in total. The molecular formula is C10H9BrFNO. The molecule has 1 aliphatic rings. The highest BCUT2D eigenvalue weighted by Gasteiger charge is 2.22. The first kappa shape index (κ1) is 9.80. The van der Waals surface area contributed by atoms with E-state index in [0.29, 0.717) is 12.1 Å². The number of hydrogen-bond acceptors (Lipinski definition) is 2. The number of rotatable bonds is 1. The first-order valence-electron chi connectivity index (χ1n) is 4.39. The number of carbonyl (C=O) groups excluding carboxylic acids is 1. The van der Waals surface area contributed by atoms with Gasteiger partial charge < -0.3 is 10.1 Å². The zero-order valence-corrected chi connectivity index (χ0v) is 8.97. The summed E-state index contributed by atoms with van der Waals surface area (Å²) in [6, 6.07) is 2.77. The minimum absolute atomic E-state index is 0.321. The van der Waals surface area contributed by atoms with E-state index in [2.05, 4.69) is 21.2 Å². The number of halogens is 2. The maximum absolute atomic E-state index is 13.5. The van der Waals surface area contributed by atoms with E-state index < -0.39 is 6.04 Å². The van der Waals surface area contributed by atoms with Gasteiger partial charge in [-0.15, -0.1) is 0 Å². The first-order chi connectivity index (χ1) is 6.72. The standard InChI is InChI=1S/C10H9BrFNO/c11-7-3-6-1-2-13-9(5-14)10(6)8(12)4-7/h3-5,9,13H,1-2H2. The summed E-state index contributed by atoms with van der Waals surface area (Å²) in [5, 5.41) is 2.96. The molecule has 14 heavy (non-hydrogen) atoms. The molecule has 1 unspecified atom stereocenters. The predicted octanol–water partition coefficient (Wildman–Crippen LogP) is 1.97. The van der Waals surface area contributed by atoms with Gasteiger partial charge in [0, 0.05) is 16.6 Å². The Hall–Kier alpha value is -0.740. The van der Waals surface area contributed by atoms with Crippen molar-refractivity contribution in [2.45, 2.75) is 12.5 Å². The van der Waals surface area contributed by atoms with Gasteiger partial charge >= 0.3 is 0 Å². The van der Waals surface area contributed by atoms with E-state index in [1.54, 1.807) is 0 Å². The molecule has 0 saturated carbocycles. The third kappa shape index (κ3) is 1.60. The molecule has 1 heterocycles. The van der Waals surface area contributed by atoms with Crippen molar-refractivity contribution >= 4 is 22.2 Å². The molecule has 0 fully saturated rings. The van der Waals surface area contributed by atoms with E-state index in [1.165, 1.54) is 6.07 Å². The van der Waals surface area contributed by atoms with Crippen LogP contribution in [0.1, 0.15) is 17.2 Å². The van der Waals surface area contributed by atoms with Crippen LogP contribution in [-0.2, 0) is 11.2 Å². The summed E-state index contributed by atoms with van der Waals surface area (Å²) in [4.78, 5) is 10.7. The largest absolute Gasteiger partial charge is 0.304 e. The van der Waals surface area contributed by atoms with Crippen molar-refractivity contribution in [2.24, 2.45) is 0 Å². The fourth-order valence-corrected chi connectivity index (χ4v) is 2.25. The number of hydrogen-bond donors (Lipinski definition) is 1. The van der Waals surface area contributed by atoms with Gasteiger partial charge in [0.05, 0.1) is 6.04 Å². The van der Waals surface area contributed by atoms with Crippen molar-refractivity contribution in [3.63, 3.8) is 0 Å². The molecule has 1 aromatic carbocycles. The Balaban J connectivity index is 2.56. The van der Waals surface area contributed by atoms with Crippen molar-refractivity contribution in [3.8, 4) is 0 Å². The van der Waals surface area contributed by atoms with E-state index in [4.69, 9.17) is 0 Å². The molecule has 0 aromatic heterocycles. The molecular weight excluding hydrogens is 249 g/mol. The third-order valence-corrected chi connectivity index (χ3v) is 2.84. The highest BCUT2D eigenvalue weighted by atomic mass is 79.9. The fraction of sp³-hybridized carbons (Fsp3) is 0.300. The summed E-state index contributed by atoms with van der Waals surface area (Å²) in [5.41, 5.74) is 1.40. The molecule has 0 bridgehead atoms. The van der Waals surface area contributed by atoms with Gasteiger partial charge in [-0.25, -0.2) is 4.39 Å². The summed E-state index contributed by atoms with van der Waals surface area (Å²) in [6.07, 6.45) is 1.50. The summed E-state index contributed by atoms with van der Waals surface area (Å²) in [5.74, 6) is -0.321. The predicted molar refractivity (Wildman–Crippen MR) is 54.6 cm³/mol. The topological polar surface area (TPSA) is 29.1 Å². The van der Waals surface area contributed by atoms with Crippen LogP contribution in [0.2, 0.25) is 0 Å². The molecule has 2 rings (SSSR count). The van der Waals surface area contributed by atoms with Crippen LogP contribution in [0.4, 0.5) is 4.39 Å². The average molecular weight is 258 g/mol. The monoisotopic (exact) mass is 257 g/mol. The van der Waals surface area contributed by atoms with Gasteiger partial charge in [0.25, 0.3) is 0 Å². The SMILES string of the molecule is O=CC1NCCc2cc(Br)cc(F)c21. The first-order valence-corrected chi connectivity index (χ1v) is 5.18. The normalized spacial score (nSPS) is 20.3. The minimum atomic E-state index is -0.494. The van der Waals surface area contributed by atoms with Gasteiger partial charge in [0.1, 0.15) is 12.1 Å². The van der Waals surface area contributed by atoms with Crippen molar-refractivity contribution in [3.05, 3.63) is 33.5 Å². The Morgan fingerprint density at radius 2 is 2.36 bits per heavy atom. The Morgan fingerprint density at radius 1 is 1.57 bits per heavy atom. The van der Waals surface area contributed by atoms with Crippen LogP contribution in [0.25, 0.3) is 0 Å². The number of fused-ring (bicyclic) bond motifs is 1. The summed E-state index contributed by atoms with van der Waals surface area (Å²) >= 11 is 3.23. The van der Waals surface area contributed by atoms with E-state index >= 15 is 0 Å². The van der Waals surface area contributed by atoms with E-state index in [9.17, 15) is 9.18 Å². The van der Waals surface area contributed by atoms with Gasteiger partial charge in [0.15, 0.2) is 0 Å². The lowest BCUT2D eigenvalue weighted by atomic mass is 9.95. The van der Waals surface area contributed by atoms with Crippen molar-refractivity contribution in [1.29, 1.82) is 0 Å². The van der Waals surface area contributed by atoms with Gasteiger partial charge in [0.2, 0.25) is 0 Å². The number of nitrogens with one attached hydrogen (secondary N) is 1. The second-order valence-electron chi connectivity index (χ2n) is 3.28. The Morgan fingerprint density at radius 3 is 3.07 bits per heavy atom. The Kier molecular flexibility index (Phi) is 2.65. The average Bonchev–Trinajstić information content (AvgIpc) is 2.16. The highest BCUT2D eigenvalue weighted by molar-refractivity contribution is 9.10. The van der Waals surface area contributed by atoms with Gasteiger partial charge in [-0.3, -0.25) is 0 Å². The molecule has 74 valence electrons. The second-order valence-corrected chi connectivity index (χ2v) is 4.19. The molecule has 1 aromatic rings. The Bertz CT molecular complexity index is 381. The summed E-state index contributed by atoms with van der Waals surface area (Å²) < 4.78 is 14.3. The van der Waals surface area contributed by atoms with Gasteiger partial charge in [-0.2, -0.15) is 0 Å². The molecule has 0 radical (unpaired) electrons. The van der Waals surface area contributed by atoms with Crippen LogP contribution < -0.4 is 5.32 Å². The quantitative estimate of drug-likeness (QED) is 0.780. The molecule has 4 heteroatoms. The molecule has 1 atom stereocenters. The maximum Gasteiger partial charge on any atom is 0.141 e. The van der Waals surface area contributed by atoms with Crippen LogP contribution >= 0.6 is 15.9 Å². The van der Waals surface area contributed by atoms with Crippen LogP contribution in [0, 0.1) is 5.82 Å². The van der Waals surface area contributed by atoms with E-state index in [0.717, 1.165) is 22.7 Å². The van der Waals surface area contributed by atoms with Gasteiger partial charge in [-0.05, 0) is 24.1 Å². The molecule has 0 aliphatic carbocycles. The number of aldehydes is 1. The van der Waals surface area contributed by atoms with Crippen LogP contribution in [0.15, 0.2) is 16.6 Å². The lowest BCUT2D eigenvalue weighted by molar-refractivity contribution is -0.109. The number of carbonyl (C=O) groups is 1. The highest BCUT2D eigenvalue weighted by Crippen LogP contribution is 2.27.